The van der Waals surface area contributed by atoms with Gasteiger partial charge in [0.15, 0.2) is 0 Å². The second-order valence-electron chi connectivity index (χ2n) is 7.10. The number of nitrogens with zero attached hydrogens (tertiary/aromatic N) is 1. The third-order valence-corrected chi connectivity index (χ3v) is 4.88. The summed E-state index contributed by atoms with van der Waals surface area (Å²) in [5.74, 6) is -0.575. The van der Waals surface area contributed by atoms with Crippen LogP contribution in [0.2, 0.25) is 0 Å². The Balaban J connectivity index is 1.68. The lowest BCUT2D eigenvalue weighted by Gasteiger charge is -2.28. The monoisotopic (exact) mass is 380 g/mol. The van der Waals surface area contributed by atoms with Crippen LogP contribution in [0.1, 0.15) is 40.1 Å². The number of benzene rings is 2. The van der Waals surface area contributed by atoms with E-state index >= 15 is 0 Å². The highest BCUT2D eigenvalue weighted by Crippen LogP contribution is 2.27. The molecule has 3 rings (SSSR count). The number of amides is 3. The van der Waals surface area contributed by atoms with Gasteiger partial charge in [-0.15, -0.1) is 0 Å². The van der Waals surface area contributed by atoms with E-state index in [9.17, 15) is 14.4 Å². The Labute approximate surface area is 164 Å². The fourth-order valence-electron chi connectivity index (χ4n) is 3.41. The van der Waals surface area contributed by atoms with Crippen LogP contribution < -0.4 is 10.1 Å². The maximum Gasteiger partial charge on any atom is 0.262 e. The molecule has 1 atom stereocenters. The summed E-state index contributed by atoms with van der Waals surface area (Å²) in [4.78, 5) is 39.4. The van der Waals surface area contributed by atoms with Gasteiger partial charge in [-0.2, -0.15) is 0 Å². The molecule has 0 unspecified atom stereocenters. The number of imide groups is 1. The number of fused-ring (bicyclic) bond motifs is 1. The zero-order valence-electron chi connectivity index (χ0n) is 16.3. The molecule has 1 N–H and O–H groups in total. The molecule has 3 amide bonds. The Morgan fingerprint density at radius 1 is 1.00 bits per heavy atom. The first-order chi connectivity index (χ1) is 13.4. The third-order valence-electron chi connectivity index (χ3n) is 4.88. The molecule has 1 aliphatic heterocycles. The average molecular weight is 380 g/mol. The summed E-state index contributed by atoms with van der Waals surface area (Å²) in [7, 11) is 1.61. The molecule has 1 heterocycles. The van der Waals surface area contributed by atoms with Gasteiger partial charge in [0.05, 0.1) is 18.2 Å². The molecule has 6 nitrogen and oxygen atoms in total. The number of nitrogens with one attached hydrogen (secondary N) is 1. The predicted octanol–water partition coefficient (Wildman–Crippen LogP) is 2.67. The molecule has 6 heteroatoms. The number of ether oxygens (including phenoxy) is 1. The first-order valence-electron chi connectivity index (χ1n) is 9.31. The molecule has 0 aromatic heterocycles. The summed E-state index contributed by atoms with van der Waals surface area (Å²) in [6, 6.07) is 13.4. The lowest BCUT2D eigenvalue weighted by atomic mass is 10.0. The molecule has 0 aliphatic carbocycles. The smallest absolute Gasteiger partial charge is 0.262 e. The molecule has 0 saturated carbocycles. The van der Waals surface area contributed by atoms with Gasteiger partial charge in [0.2, 0.25) is 5.91 Å². The fraction of sp³-hybridized carbons (Fsp3) is 0.318. The van der Waals surface area contributed by atoms with Crippen LogP contribution in [0.15, 0.2) is 48.5 Å². The van der Waals surface area contributed by atoms with E-state index in [0.717, 1.165) is 16.2 Å². The van der Waals surface area contributed by atoms with Crippen LogP contribution in [0.4, 0.5) is 0 Å². The minimum Gasteiger partial charge on any atom is -0.497 e. The summed E-state index contributed by atoms with van der Waals surface area (Å²) in [6.45, 7) is 4.08. The lowest BCUT2D eigenvalue weighted by molar-refractivity contribution is -0.126. The number of hydrogen-bond acceptors (Lipinski definition) is 4. The first kappa shape index (κ1) is 19.6. The van der Waals surface area contributed by atoms with Crippen molar-refractivity contribution in [3.8, 4) is 5.75 Å². The van der Waals surface area contributed by atoms with E-state index in [1.165, 1.54) is 0 Å². The molecular formula is C22H24N2O4. The van der Waals surface area contributed by atoms with Gasteiger partial charge < -0.3 is 10.1 Å². The number of hydrogen-bond donors (Lipinski definition) is 1. The van der Waals surface area contributed by atoms with Crippen LogP contribution in [0, 0.1) is 5.92 Å². The Morgan fingerprint density at radius 3 is 2.07 bits per heavy atom. The minimum absolute atomic E-state index is 0.205. The van der Waals surface area contributed by atoms with E-state index in [4.69, 9.17) is 4.74 Å². The highest BCUT2D eigenvalue weighted by atomic mass is 16.5. The summed E-state index contributed by atoms with van der Waals surface area (Å²) >= 11 is 0. The van der Waals surface area contributed by atoms with Crippen LogP contribution in [0.5, 0.6) is 5.75 Å². The number of rotatable bonds is 7. The highest BCUT2D eigenvalue weighted by molar-refractivity contribution is 6.22. The second kappa shape index (κ2) is 8.25. The van der Waals surface area contributed by atoms with Crippen molar-refractivity contribution in [1.82, 2.24) is 10.2 Å². The van der Waals surface area contributed by atoms with Gasteiger partial charge in [-0.05, 0) is 42.2 Å². The van der Waals surface area contributed by atoms with Crippen LogP contribution in [-0.4, -0.2) is 42.3 Å². The molecule has 0 spiro atoms. The van der Waals surface area contributed by atoms with E-state index in [1.54, 1.807) is 31.4 Å². The summed E-state index contributed by atoms with van der Waals surface area (Å²) in [6.07, 6.45) is 0.642. The van der Waals surface area contributed by atoms with Gasteiger partial charge in [-0.25, -0.2) is 0 Å². The maximum atomic E-state index is 12.8. The Bertz CT molecular complexity index is 855. The van der Waals surface area contributed by atoms with Gasteiger partial charge in [0.1, 0.15) is 11.8 Å². The van der Waals surface area contributed by atoms with Crippen LogP contribution >= 0.6 is 0 Å². The molecule has 1 aliphatic rings. The SMILES string of the molecule is COc1ccc(CCNC(=O)[C@@H](C(C)C)N2C(=O)c3ccccc3C2=O)cc1. The van der Waals surface area contributed by atoms with E-state index < -0.39 is 17.9 Å². The molecule has 2 aromatic rings. The predicted molar refractivity (Wildman–Crippen MR) is 105 cm³/mol. The Kier molecular flexibility index (Phi) is 5.78. The van der Waals surface area contributed by atoms with Crippen molar-refractivity contribution in [1.29, 1.82) is 0 Å². The number of carbonyl (C=O) groups excluding carboxylic acids is 3. The van der Waals surface area contributed by atoms with E-state index in [2.05, 4.69) is 5.32 Å². The molecule has 146 valence electrons. The van der Waals surface area contributed by atoms with Crippen molar-refractivity contribution in [3.05, 3.63) is 65.2 Å². The quantitative estimate of drug-likeness (QED) is 0.750. The van der Waals surface area contributed by atoms with Crippen molar-refractivity contribution >= 4 is 17.7 Å². The zero-order valence-corrected chi connectivity index (χ0v) is 16.3. The zero-order chi connectivity index (χ0) is 20.3. The Morgan fingerprint density at radius 2 is 1.57 bits per heavy atom. The highest BCUT2D eigenvalue weighted by Gasteiger charge is 2.43. The van der Waals surface area contributed by atoms with Crippen LogP contribution in [-0.2, 0) is 11.2 Å². The minimum atomic E-state index is -0.844. The number of methoxy groups -OCH3 is 1. The van der Waals surface area contributed by atoms with Crippen molar-refractivity contribution in [3.63, 3.8) is 0 Å². The van der Waals surface area contributed by atoms with Crippen molar-refractivity contribution in [2.45, 2.75) is 26.3 Å². The van der Waals surface area contributed by atoms with Crippen molar-refractivity contribution in [2.24, 2.45) is 5.92 Å². The molecule has 28 heavy (non-hydrogen) atoms. The van der Waals surface area contributed by atoms with Crippen LogP contribution in [0.3, 0.4) is 0 Å². The summed E-state index contributed by atoms with van der Waals surface area (Å²) in [5, 5.41) is 2.87. The largest absolute Gasteiger partial charge is 0.497 e. The fourth-order valence-corrected chi connectivity index (χ4v) is 3.41. The lowest BCUT2D eigenvalue weighted by Crippen LogP contribution is -2.52. The standard InChI is InChI=1S/C22H24N2O4/c1-14(2)19(24-21(26)17-6-4-5-7-18(17)22(24)27)20(25)23-13-12-15-8-10-16(28-3)11-9-15/h4-11,14,19H,12-13H2,1-3H3,(H,23,25)/t19-/m1/s1. The normalized spacial score (nSPS) is 14.2. The van der Waals surface area contributed by atoms with E-state index in [0.29, 0.717) is 24.1 Å². The average Bonchev–Trinajstić information content (AvgIpc) is 2.94. The molecule has 0 saturated heterocycles. The van der Waals surface area contributed by atoms with Gasteiger partial charge in [-0.3, -0.25) is 19.3 Å². The van der Waals surface area contributed by atoms with Gasteiger partial charge in [0, 0.05) is 6.54 Å². The Hall–Kier alpha value is -3.15. The summed E-state index contributed by atoms with van der Waals surface area (Å²) < 4.78 is 5.13. The van der Waals surface area contributed by atoms with E-state index in [-0.39, 0.29) is 11.8 Å². The number of carbonyl (C=O) groups is 3. The van der Waals surface area contributed by atoms with Gasteiger partial charge in [-0.1, -0.05) is 38.1 Å². The topological polar surface area (TPSA) is 75.7 Å². The molecule has 0 bridgehead atoms. The maximum absolute atomic E-state index is 12.8. The third kappa shape index (κ3) is 3.76. The molecule has 2 aromatic carbocycles. The summed E-state index contributed by atoms with van der Waals surface area (Å²) in [5.41, 5.74) is 1.76. The molecule has 0 radical (unpaired) electrons. The van der Waals surface area contributed by atoms with Crippen LogP contribution in [0.25, 0.3) is 0 Å². The second-order valence-corrected chi connectivity index (χ2v) is 7.10. The molecule has 0 fully saturated rings. The molecular weight excluding hydrogens is 356 g/mol. The van der Waals surface area contributed by atoms with Crippen molar-refractivity contribution < 1.29 is 19.1 Å². The van der Waals surface area contributed by atoms with Gasteiger partial charge in [0.25, 0.3) is 11.8 Å². The van der Waals surface area contributed by atoms with Gasteiger partial charge >= 0.3 is 0 Å². The van der Waals surface area contributed by atoms with E-state index in [1.807, 2.05) is 38.1 Å². The van der Waals surface area contributed by atoms with Crippen molar-refractivity contribution in [2.75, 3.05) is 13.7 Å². The first-order valence-corrected chi connectivity index (χ1v) is 9.31.